The van der Waals surface area contributed by atoms with Crippen LogP contribution < -0.4 is 0 Å². The first-order valence-electron chi connectivity index (χ1n) is 19.1. The minimum absolute atomic E-state index is 0.00693. The van der Waals surface area contributed by atoms with Crippen LogP contribution in [0.2, 0.25) is 0 Å². The van der Waals surface area contributed by atoms with E-state index in [1.165, 1.54) is 128 Å². The first kappa shape index (κ1) is 44.8. The number of nitrogens with zero attached hydrogens (tertiary/aromatic N) is 1. The zero-order valence-corrected chi connectivity index (χ0v) is 31.8. The van der Waals surface area contributed by atoms with Gasteiger partial charge in [0.15, 0.2) is 0 Å². The molecule has 0 saturated carbocycles. The van der Waals surface area contributed by atoms with Crippen LogP contribution in [0, 0.1) is 0 Å². The standard InChI is InChI=1S/C28H47NO3S.C12H25Cl/c1-3-4-5-6-7-8-9-10-11-12-16-21-27(30)29(26(28(31)32)22-24-33-2)23-17-20-25-18-14-13-15-19-25;1-2-3-4-5-6-7-8-9-10-11-12-13/h13-15,18-19,26H,3-12,16-17,20-24H2,1-2H3,(H,31,32);2-12H2,1H3. The number of carboxylic acids is 1. The Balaban J connectivity index is 0.00000131. The van der Waals surface area contributed by atoms with Crippen molar-refractivity contribution in [1.29, 1.82) is 0 Å². The molecule has 0 aromatic heterocycles. The number of hydrogen-bond donors (Lipinski definition) is 1. The van der Waals surface area contributed by atoms with Crippen molar-refractivity contribution >= 4 is 35.2 Å². The van der Waals surface area contributed by atoms with E-state index >= 15 is 0 Å². The second-order valence-corrected chi connectivity index (χ2v) is 14.3. The number of halogens is 1. The van der Waals surface area contributed by atoms with E-state index < -0.39 is 12.0 Å². The Morgan fingerprint density at radius 3 is 1.59 bits per heavy atom. The van der Waals surface area contributed by atoms with Gasteiger partial charge in [-0.15, -0.1) is 11.6 Å². The van der Waals surface area contributed by atoms with Gasteiger partial charge in [-0.25, -0.2) is 4.79 Å². The summed E-state index contributed by atoms with van der Waals surface area (Å²) in [6, 6.07) is 9.48. The largest absolute Gasteiger partial charge is 0.480 e. The van der Waals surface area contributed by atoms with Gasteiger partial charge < -0.3 is 10.0 Å². The fourth-order valence-electron chi connectivity index (χ4n) is 5.86. The molecular formula is C40H72ClNO3S. The molecule has 1 N–H and O–H groups in total. The van der Waals surface area contributed by atoms with Crippen molar-refractivity contribution in [3.8, 4) is 0 Å². The number of rotatable bonds is 31. The first-order chi connectivity index (χ1) is 22.5. The molecule has 1 unspecified atom stereocenters. The molecule has 0 radical (unpaired) electrons. The summed E-state index contributed by atoms with van der Waals surface area (Å²) >= 11 is 7.23. The Morgan fingerprint density at radius 2 is 1.15 bits per heavy atom. The lowest BCUT2D eigenvalue weighted by molar-refractivity contribution is -0.150. The van der Waals surface area contributed by atoms with Crippen LogP contribution in [-0.4, -0.2) is 52.4 Å². The van der Waals surface area contributed by atoms with Gasteiger partial charge in [-0.05, 0) is 49.7 Å². The van der Waals surface area contributed by atoms with E-state index in [1.54, 1.807) is 16.7 Å². The van der Waals surface area contributed by atoms with Crippen LogP contribution in [0.5, 0.6) is 0 Å². The molecule has 0 heterocycles. The van der Waals surface area contributed by atoms with Gasteiger partial charge in [0, 0.05) is 18.8 Å². The summed E-state index contributed by atoms with van der Waals surface area (Å²) < 4.78 is 0. The van der Waals surface area contributed by atoms with Crippen LogP contribution >= 0.6 is 23.4 Å². The highest BCUT2D eigenvalue weighted by molar-refractivity contribution is 7.98. The van der Waals surface area contributed by atoms with Crippen LogP contribution in [-0.2, 0) is 16.0 Å². The van der Waals surface area contributed by atoms with Crippen molar-refractivity contribution in [2.45, 2.75) is 180 Å². The summed E-state index contributed by atoms with van der Waals surface area (Å²) in [6.45, 7) is 5.03. The lowest BCUT2D eigenvalue weighted by Gasteiger charge is -2.29. The van der Waals surface area contributed by atoms with Crippen molar-refractivity contribution in [3.63, 3.8) is 0 Å². The monoisotopic (exact) mass is 681 g/mol. The summed E-state index contributed by atoms with van der Waals surface area (Å²) in [7, 11) is 0. The molecule has 0 aliphatic rings. The second kappa shape index (κ2) is 35.1. The van der Waals surface area contributed by atoms with Gasteiger partial charge in [-0.1, -0.05) is 166 Å². The van der Waals surface area contributed by atoms with Gasteiger partial charge in [-0.2, -0.15) is 11.8 Å². The summed E-state index contributed by atoms with van der Waals surface area (Å²) in [6.07, 6.45) is 32.2. The number of aryl methyl sites for hydroxylation is 1. The van der Waals surface area contributed by atoms with Crippen molar-refractivity contribution in [2.24, 2.45) is 0 Å². The van der Waals surface area contributed by atoms with Gasteiger partial charge in [-0.3, -0.25) is 4.79 Å². The number of unbranched alkanes of at least 4 members (excludes halogenated alkanes) is 19. The molecule has 0 bridgehead atoms. The van der Waals surface area contributed by atoms with Crippen molar-refractivity contribution in [1.82, 2.24) is 4.90 Å². The van der Waals surface area contributed by atoms with Crippen LogP contribution in [0.15, 0.2) is 30.3 Å². The minimum Gasteiger partial charge on any atom is -0.480 e. The average molecular weight is 683 g/mol. The summed E-state index contributed by atoms with van der Waals surface area (Å²) in [5, 5.41) is 9.79. The van der Waals surface area contributed by atoms with Gasteiger partial charge in [0.1, 0.15) is 6.04 Å². The highest BCUT2D eigenvalue weighted by atomic mass is 35.5. The zero-order chi connectivity index (χ0) is 33.9. The van der Waals surface area contributed by atoms with E-state index in [9.17, 15) is 14.7 Å². The van der Waals surface area contributed by atoms with Crippen LogP contribution in [0.3, 0.4) is 0 Å². The molecule has 1 amide bonds. The molecule has 4 nitrogen and oxygen atoms in total. The predicted molar refractivity (Wildman–Crippen MR) is 205 cm³/mol. The zero-order valence-electron chi connectivity index (χ0n) is 30.3. The molecule has 0 saturated heterocycles. The van der Waals surface area contributed by atoms with E-state index in [0.29, 0.717) is 19.4 Å². The summed E-state index contributed by atoms with van der Waals surface area (Å²) in [4.78, 5) is 26.6. The number of hydrogen-bond acceptors (Lipinski definition) is 3. The number of amides is 1. The van der Waals surface area contributed by atoms with E-state index in [-0.39, 0.29) is 5.91 Å². The molecule has 46 heavy (non-hydrogen) atoms. The lowest BCUT2D eigenvalue weighted by Crippen LogP contribution is -2.46. The Morgan fingerprint density at radius 1 is 0.696 bits per heavy atom. The smallest absolute Gasteiger partial charge is 0.326 e. The number of alkyl halides is 1. The lowest BCUT2D eigenvalue weighted by atomic mass is 10.0. The number of carboxylic acid groups (broad SMARTS) is 1. The maximum atomic E-state index is 13.0. The van der Waals surface area contributed by atoms with E-state index in [4.69, 9.17) is 11.6 Å². The fraction of sp³-hybridized carbons (Fsp3) is 0.800. The molecule has 0 spiro atoms. The van der Waals surface area contributed by atoms with Crippen LogP contribution in [0.25, 0.3) is 0 Å². The molecular weight excluding hydrogens is 610 g/mol. The van der Waals surface area contributed by atoms with Crippen molar-refractivity contribution < 1.29 is 14.7 Å². The topological polar surface area (TPSA) is 57.6 Å². The molecule has 268 valence electrons. The van der Waals surface area contributed by atoms with Crippen molar-refractivity contribution in [2.75, 3.05) is 24.4 Å². The third kappa shape index (κ3) is 27.9. The van der Waals surface area contributed by atoms with E-state index in [1.807, 2.05) is 24.5 Å². The highest BCUT2D eigenvalue weighted by Gasteiger charge is 2.28. The molecule has 6 heteroatoms. The quantitative estimate of drug-likeness (QED) is 0.0626. The van der Waals surface area contributed by atoms with Crippen molar-refractivity contribution in [3.05, 3.63) is 35.9 Å². The number of thioether (sulfide) groups is 1. The number of benzene rings is 1. The molecule has 1 aromatic carbocycles. The normalized spacial score (nSPS) is 11.6. The van der Waals surface area contributed by atoms with Crippen LogP contribution in [0.1, 0.15) is 174 Å². The maximum Gasteiger partial charge on any atom is 0.326 e. The molecule has 0 aliphatic heterocycles. The van der Waals surface area contributed by atoms with Crippen LogP contribution in [0.4, 0.5) is 0 Å². The predicted octanol–water partition coefficient (Wildman–Crippen LogP) is 12.5. The third-order valence-corrected chi connectivity index (χ3v) is 9.68. The summed E-state index contributed by atoms with van der Waals surface area (Å²) in [5.41, 5.74) is 1.23. The molecule has 1 atom stereocenters. The Hall–Kier alpha value is -1.20. The second-order valence-electron chi connectivity index (χ2n) is 13.0. The van der Waals surface area contributed by atoms with Gasteiger partial charge in [0.2, 0.25) is 5.91 Å². The maximum absolute atomic E-state index is 13.0. The van der Waals surface area contributed by atoms with E-state index in [0.717, 1.165) is 37.3 Å². The Kier molecular flexibility index (Phi) is 34.2. The average Bonchev–Trinajstić information content (AvgIpc) is 3.06. The fourth-order valence-corrected chi connectivity index (χ4v) is 6.51. The van der Waals surface area contributed by atoms with Gasteiger partial charge in [0.05, 0.1) is 0 Å². The molecule has 0 fully saturated rings. The third-order valence-electron chi connectivity index (χ3n) is 8.77. The van der Waals surface area contributed by atoms with Gasteiger partial charge >= 0.3 is 5.97 Å². The molecule has 0 aliphatic carbocycles. The van der Waals surface area contributed by atoms with Gasteiger partial charge in [0.25, 0.3) is 0 Å². The SMILES string of the molecule is CCCCCCCCCCCCCC(=O)N(CCCc1ccccc1)C(CCSC)C(=O)O.CCCCCCCCCCCCCl. The summed E-state index contributed by atoms with van der Waals surface area (Å²) in [5.74, 6) is 0.720. The molecule has 1 rings (SSSR count). The highest BCUT2D eigenvalue weighted by Crippen LogP contribution is 2.17. The van der Waals surface area contributed by atoms with E-state index in [2.05, 4.69) is 26.0 Å². The first-order valence-corrected chi connectivity index (χ1v) is 21.1. The number of aliphatic carboxylic acids is 1. The molecule has 1 aromatic rings. The minimum atomic E-state index is -0.879. The number of carbonyl (C=O) groups is 2. The Labute approximate surface area is 294 Å². The number of carbonyl (C=O) groups excluding carboxylic acids is 1. The Bertz CT molecular complexity index is 784.